The number of hydrogen-bond acceptors (Lipinski definition) is 10. The minimum atomic E-state index is -4.84. The minimum absolute atomic E-state index is 0. The van der Waals surface area contributed by atoms with Gasteiger partial charge in [-0.1, -0.05) is 30.3 Å². The number of carbonyl (C=O) groups excluding carboxylic acids is 1. The quantitative estimate of drug-likeness (QED) is 0.127. The molecule has 0 aliphatic heterocycles. The molecular formula is C22H23CrN4O9S+. The van der Waals surface area contributed by atoms with Crippen molar-refractivity contribution in [2.75, 3.05) is 18.6 Å². The Hall–Kier alpha value is -3.68. The fourth-order valence-electron chi connectivity index (χ4n) is 3.27. The molecule has 8 N–H and O–H groups in total. The van der Waals surface area contributed by atoms with Crippen LogP contribution in [0.2, 0.25) is 0 Å². The smallest absolute Gasteiger partial charge is 0.506 e. The van der Waals surface area contributed by atoms with Crippen LogP contribution in [-0.4, -0.2) is 58.2 Å². The molecule has 3 aromatic carbocycles. The van der Waals surface area contributed by atoms with Crippen molar-refractivity contribution in [2.45, 2.75) is 0 Å². The van der Waals surface area contributed by atoms with E-state index >= 15 is 0 Å². The van der Waals surface area contributed by atoms with Gasteiger partial charge in [0.2, 0.25) is 5.78 Å². The second-order valence-electron chi connectivity index (χ2n) is 7.10. The summed E-state index contributed by atoms with van der Waals surface area (Å²) in [4.78, 5) is 22.2. The molecule has 0 aromatic heterocycles. The molecule has 0 heterocycles. The van der Waals surface area contributed by atoms with Gasteiger partial charge < -0.3 is 21.4 Å². The summed E-state index contributed by atoms with van der Waals surface area (Å²) in [6.07, 6.45) is 0.644. The monoisotopic (exact) mass is 571 g/mol. The zero-order valence-electron chi connectivity index (χ0n) is 19.9. The third kappa shape index (κ3) is 6.96. The maximum absolute atomic E-state index is 12.6. The van der Waals surface area contributed by atoms with Gasteiger partial charge in [0.05, 0.1) is 11.5 Å². The number of aliphatic hydroxyl groups is 1. The second-order valence-corrected chi connectivity index (χ2v) is 8.49. The number of allylic oxidation sites excluding steroid dienone is 1. The van der Waals surface area contributed by atoms with Gasteiger partial charge in [-0.2, -0.15) is 13.5 Å². The number of non-ortho nitro benzene ring substituents is 1. The molecular weight excluding hydrogens is 548 g/mol. The van der Waals surface area contributed by atoms with E-state index in [1.807, 2.05) is 12.1 Å². The Bertz CT molecular complexity index is 1500. The van der Waals surface area contributed by atoms with Crippen molar-refractivity contribution in [1.82, 2.24) is 0 Å². The Morgan fingerprint density at radius 3 is 2.35 bits per heavy atom. The number of ketones is 1. The molecule has 15 heteroatoms. The zero-order valence-corrected chi connectivity index (χ0v) is 21.0. The van der Waals surface area contributed by atoms with Crippen LogP contribution >= 0.6 is 0 Å². The third-order valence-electron chi connectivity index (χ3n) is 4.82. The number of phenolic OH excluding ortho intramolecular Hbond substituents is 1. The van der Waals surface area contributed by atoms with E-state index in [0.717, 1.165) is 17.5 Å². The molecule has 0 unspecified atom stereocenters. The van der Waals surface area contributed by atoms with Crippen molar-refractivity contribution in [2.24, 2.45) is 10.8 Å². The summed E-state index contributed by atoms with van der Waals surface area (Å²) in [7, 11) is -4.84. The van der Waals surface area contributed by atoms with E-state index in [4.69, 9.17) is 10.8 Å². The van der Waals surface area contributed by atoms with Gasteiger partial charge in [-0.3, -0.25) is 24.9 Å². The maximum atomic E-state index is 12.6. The molecule has 37 heavy (non-hydrogen) atoms. The topological polar surface area (TPSA) is 237 Å². The van der Waals surface area contributed by atoms with Gasteiger partial charge in [0, 0.05) is 58.6 Å². The summed E-state index contributed by atoms with van der Waals surface area (Å²) in [6.45, 7) is 0.472. The number of hydrazone groups is 1. The van der Waals surface area contributed by atoms with E-state index in [-0.39, 0.29) is 59.1 Å². The maximum Gasteiger partial charge on any atom is 1.00 e. The summed E-state index contributed by atoms with van der Waals surface area (Å²) >= 11 is 0. The predicted octanol–water partition coefficient (Wildman–Crippen LogP) is 1.30. The first-order valence-electron chi connectivity index (χ1n) is 9.96. The molecule has 196 valence electrons. The Labute approximate surface area is 222 Å². The molecule has 0 fully saturated rings. The van der Waals surface area contributed by atoms with Gasteiger partial charge in [-0.25, -0.2) is 0 Å². The number of aliphatic hydroxyl groups excluding tert-OH is 1. The summed E-state index contributed by atoms with van der Waals surface area (Å²) in [6, 6.07) is 13.4. The molecule has 0 bridgehead atoms. The SMILES string of the molecule is NCCO.O.O=C1C=C(S(=O)(=O)O)c2cc([N+](=O)[O-])ccc2/C1=N/Nc1c(O)ccc2ccccc12.[Cr].[H+]. The molecule has 0 spiro atoms. The van der Waals surface area contributed by atoms with E-state index in [2.05, 4.69) is 10.5 Å². The number of phenols is 1. The van der Waals surface area contributed by atoms with Crippen LogP contribution in [0, 0.1) is 10.1 Å². The normalized spacial score (nSPS) is 13.3. The summed E-state index contributed by atoms with van der Waals surface area (Å²) < 4.78 is 32.9. The second kappa shape index (κ2) is 13.0. The van der Waals surface area contributed by atoms with Crippen molar-refractivity contribution < 1.29 is 57.2 Å². The predicted molar refractivity (Wildman–Crippen MR) is 134 cm³/mol. The molecule has 0 saturated heterocycles. The Balaban J connectivity index is 0.00000183. The number of nitrogens with two attached hydrogens (primary N) is 1. The van der Waals surface area contributed by atoms with Crippen LogP contribution in [0.25, 0.3) is 15.7 Å². The molecule has 0 atom stereocenters. The number of nitrogens with one attached hydrogen (secondary N) is 1. The first-order chi connectivity index (χ1) is 16.6. The number of nitrogens with zero attached hydrogens (tertiary/aromatic N) is 2. The summed E-state index contributed by atoms with van der Waals surface area (Å²) in [5.41, 5.74) is 6.68. The summed E-state index contributed by atoms with van der Waals surface area (Å²) in [5, 5.41) is 34.5. The van der Waals surface area contributed by atoms with Crippen LogP contribution < -0.4 is 11.2 Å². The number of nitro benzene ring substituents is 1. The summed E-state index contributed by atoms with van der Waals surface area (Å²) in [5.74, 6) is -0.981. The number of hydrogen-bond donors (Lipinski definition) is 5. The van der Waals surface area contributed by atoms with Crippen molar-refractivity contribution in [1.29, 1.82) is 0 Å². The van der Waals surface area contributed by atoms with Crippen LogP contribution in [0.15, 0.2) is 65.8 Å². The van der Waals surface area contributed by atoms with Gasteiger partial charge >= 0.3 is 1.43 Å². The van der Waals surface area contributed by atoms with Gasteiger partial charge in [0.25, 0.3) is 15.8 Å². The molecule has 0 saturated carbocycles. The number of anilines is 1. The first-order valence-corrected chi connectivity index (χ1v) is 11.4. The standard InChI is InChI=1S/C20H13N3O7S.C2H7NO.Cr.H2O/c24-16-8-5-11-3-1-2-4-13(11)19(16)21-22-20-14-7-6-12(23(26)27)9-15(14)18(10-17(20)25)31(28,29)30;3-1-2-4;;/h1-10,21,24H,(H,28,29,30);4H,1-3H2;;1H2/p+1/b22-20-;;;. The van der Waals surface area contributed by atoms with Crippen molar-refractivity contribution in [3.63, 3.8) is 0 Å². The van der Waals surface area contributed by atoms with Gasteiger partial charge in [0.1, 0.15) is 22.1 Å². The van der Waals surface area contributed by atoms with Crippen LogP contribution in [0.4, 0.5) is 11.4 Å². The van der Waals surface area contributed by atoms with Crippen LogP contribution in [0.5, 0.6) is 5.75 Å². The van der Waals surface area contributed by atoms with Gasteiger partial charge in [0.15, 0.2) is 0 Å². The van der Waals surface area contributed by atoms with E-state index in [0.29, 0.717) is 18.0 Å². The first kappa shape index (κ1) is 31.4. The number of rotatable bonds is 5. The molecule has 3 aromatic rings. The molecule has 0 amide bonds. The molecule has 13 nitrogen and oxygen atoms in total. The van der Waals surface area contributed by atoms with Crippen LogP contribution in [0.1, 0.15) is 12.6 Å². The number of carbonyl (C=O) groups is 1. The zero-order chi connectivity index (χ0) is 25.8. The number of benzene rings is 3. The third-order valence-corrected chi connectivity index (χ3v) is 5.72. The number of aromatic hydroxyl groups is 1. The van der Waals surface area contributed by atoms with Crippen molar-refractivity contribution in [3.05, 3.63) is 81.9 Å². The molecule has 4 rings (SSSR count). The van der Waals surface area contributed by atoms with Crippen molar-refractivity contribution >= 4 is 48.7 Å². The van der Waals surface area contributed by atoms with Crippen LogP contribution in [-0.2, 0) is 32.3 Å². The number of nitro groups is 1. The Kier molecular flexibility index (Phi) is 11.0. The van der Waals surface area contributed by atoms with E-state index in [1.165, 1.54) is 12.1 Å². The Morgan fingerprint density at radius 2 is 1.76 bits per heavy atom. The fraction of sp³-hybridized carbons (Fsp3) is 0.0909. The number of fused-ring (bicyclic) bond motifs is 2. The van der Waals surface area contributed by atoms with E-state index < -0.39 is 31.4 Å². The molecule has 0 radical (unpaired) electrons. The average Bonchev–Trinajstić information content (AvgIpc) is 2.83. The van der Waals surface area contributed by atoms with Gasteiger partial charge in [-0.15, -0.1) is 0 Å². The Morgan fingerprint density at radius 1 is 1.11 bits per heavy atom. The largest absolute Gasteiger partial charge is 1.00 e. The van der Waals surface area contributed by atoms with Crippen molar-refractivity contribution in [3.8, 4) is 5.75 Å². The van der Waals surface area contributed by atoms with Crippen LogP contribution in [0.3, 0.4) is 0 Å². The molecule has 1 aliphatic rings. The minimum Gasteiger partial charge on any atom is -0.506 e. The fourth-order valence-corrected chi connectivity index (χ4v) is 3.97. The average molecular weight is 572 g/mol. The molecule has 1 aliphatic carbocycles. The van der Waals surface area contributed by atoms with E-state index in [9.17, 15) is 33.0 Å². The van der Waals surface area contributed by atoms with E-state index in [1.54, 1.807) is 18.2 Å². The van der Waals surface area contributed by atoms with Gasteiger partial charge in [-0.05, 0) is 17.5 Å².